The number of aromatic amines is 1. The van der Waals surface area contributed by atoms with Crippen molar-refractivity contribution in [1.82, 2.24) is 44.5 Å². The molecule has 0 aliphatic carbocycles. The molecule has 9 atom stereocenters. The smallest absolute Gasteiger partial charge is 0.387 e. The number of methoxy groups -OCH3 is 1. The quantitative estimate of drug-likeness (QED) is 0.0948. The number of hydrogen-bond acceptors (Lipinski definition) is 18. The van der Waals surface area contributed by atoms with E-state index in [0.717, 1.165) is 4.68 Å². The predicted molar refractivity (Wildman–Crippen MR) is 134 cm³/mol. The third kappa shape index (κ3) is 4.78. The van der Waals surface area contributed by atoms with Crippen LogP contribution in [0.1, 0.15) is 12.5 Å². The fourth-order valence-electron chi connectivity index (χ4n) is 4.66. The summed E-state index contributed by atoms with van der Waals surface area (Å²) in [5, 5.41) is 39.4. The molecule has 0 spiro atoms. The van der Waals surface area contributed by atoms with Gasteiger partial charge in [0.05, 0.1) is 12.9 Å². The number of rotatable bonds is 8. The number of phosphoric acid groups is 1. The lowest BCUT2D eigenvalue weighted by Gasteiger charge is -2.24. The summed E-state index contributed by atoms with van der Waals surface area (Å²) in [7, 11) is -3.86. The van der Waals surface area contributed by atoms with Gasteiger partial charge in [0, 0.05) is 7.11 Å². The molecule has 9 N–H and O–H groups in total. The van der Waals surface area contributed by atoms with E-state index in [-0.39, 0.29) is 34.1 Å². The molecule has 0 bridgehead atoms. The van der Waals surface area contributed by atoms with E-state index < -0.39 is 69.3 Å². The number of hydrogen-bond donors (Lipinski definition) is 7. The second kappa shape index (κ2) is 10.5. The molecule has 6 heterocycles. The molecule has 4 aromatic heterocycles. The number of phosphoric ester groups is 1. The van der Waals surface area contributed by atoms with Crippen molar-refractivity contribution in [2.24, 2.45) is 0 Å². The van der Waals surface area contributed by atoms with E-state index in [0.29, 0.717) is 0 Å². The Labute approximate surface area is 232 Å². The van der Waals surface area contributed by atoms with Crippen LogP contribution in [0.25, 0.3) is 22.3 Å². The summed E-state index contributed by atoms with van der Waals surface area (Å²) < 4.78 is 41.8. The lowest BCUT2D eigenvalue weighted by atomic mass is 10.1. The molecule has 2 saturated heterocycles. The van der Waals surface area contributed by atoms with E-state index in [9.17, 15) is 29.6 Å². The number of aromatic nitrogens is 9. The van der Waals surface area contributed by atoms with Crippen LogP contribution in [0.5, 0.6) is 0 Å². The van der Waals surface area contributed by atoms with Crippen LogP contribution in [0.15, 0.2) is 17.4 Å². The van der Waals surface area contributed by atoms with E-state index in [1.165, 1.54) is 24.3 Å². The maximum absolute atomic E-state index is 13.0. The first-order chi connectivity index (χ1) is 20.0. The second-order valence-electron chi connectivity index (χ2n) is 9.24. The highest BCUT2D eigenvalue weighted by Crippen LogP contribution is 2.50. The van der Waals surface area contributed by atoms with E-state index in [4.69, 9.17) is 34.7 Å². The van der Waals surface area contributed by atoms with Gasteiger partial charge in [-0.05, 0) is 0 Å². The van der Waals surface area contributed by atoms with Crippen LogP contribution in [0.2, 0.25) is 0 Å². The molecular weight excluding hydrogens is 589 g/mol. The molecular formula is C19H24N11O11P. The zero-order valence-corrected chi connectivity index (χ0v) is 22.2. The van der Waals surface area contributed by atoms with E-state index in [1.807, 2.05) is 0 Å². The molecule has 6 rings (SSSR count). The third-order valence-electron chi connectivity index (χ3n) is 6.65. The van der Waals surface area contributed by atoms with Crippen LogP contribution in [0, 0.1) is 0 Å². The lowest BCUT2D eigenvalue weighted by molar-refractivity contribution is -0.162. The number of aliphatic hydroxyl groups excluding tert-OH is 3. The molecule has 0 radical (unpaired) electrons. The molecule has 0 amide bonds. The van der Waals surface area contributed by atoms with Gasteiger partial charge < -0.3 is 45.9 Å². The molecule has 2 aliphatic rings. The number of H-pyrrole nitrogens is 1. The molecule has 22 nitrogen and oxygen atoms in total. The number of aliphatic hydroxyl groups is 3. The van der Waals surface area contributed by atoms with Gasteiger partial charge in [-0.15, -0.1) is 5.10 Å². The summed E-state index contributed by atoms with van der Waals surface area (Å²) in [6, 6.07) is 0. The van der Waals surface area contributed by atoms with Crippen molar-refractivity contribution in [3.8, 4) is 0 Å². The minimum Gasteiger partial charge on any atom is -0.387 e. The van der Waals surface area contributed by atoms with Crippen LogP contribution >= 0.6 is 7.82 Å². The number of nitrogen functional groups attached to an aromatic ring is 2. The van der Waals surface area contributed by atoms with Crippen molar-refractivity contribution in [1.29, 1.82) is 0 Å². The minimum atomic E-state index is -5.06. The number of anilines is 2. The molecule has 226 valence electrons. The van der Waals surface area contributed by atoms with Crippen molar-refractivity contribution < 1.29 is 48.0 Å². The van der Waals surface area contributed by atoms with E-state index in [2.05, 4.69) is 35.2 Å². The fraction of sp³-hybridized carbons (Fsp3) is 0.526. The van der Waals surface area contributed by atoms with Crippen LogP contribution in [-0.2, 0) is 27.8 Å². The minimum absolute atomic E-state index is 0.0853. The molecule has 2 aliphatic heterocycles. The molecule has 0 aromatic carbocycles. The van der Waals surface area contributed by atoms with E-state index in [1.54, 1.807) is 0 Å². The maximum atomic E-state index is 13.0. The zero-order chi connectivity index (χ0) is 29.9. The van der Waals surface area contributed by atoms with Gasteiger partial charge in [-0.2, -0.15) is 9.67 Å². The average molecular weight is 613 g/mol. The van der Waals surface area contributed by atoms with Gasteiger partial charge >= 0.3 is 7.82 Å². The first kappa shape index (κ1) is 28.4. The van der Waals surface area contributed by atoms with Gasteiger partial charge in [-0.3, -0.25) is 23.4 Å². The number of ether oxygens (including phenoxy) is 3. The van der Waals surface area contributed by atoms with E-state index >= 15 is 0 Å². The van der Waals surface area contributed by atoms with Crippen molar-refractivity contribution in [2.45, 2.75) is 49.3 Å². The summed E-state index contributed by atoms with van der Waals surface area (Å²) >= 11 is 0. The number of nitrogens with one attached hydrogen (secondary N) is 1. The van der Waals surface area contributed by atoms with Gasteiger partial charge in [-0.1, -0.05) is 5.21 Å². The molecule has 2 fully saturated rings. The Morgan fingerprint density at radius 2 is 1.86 bits per heavy atom. The molecule has 23 heteroatoms. The Morgan fingerprint density at radius 1 is 1.07 bits per heavy atom. The van der Waals surface area contributed by atoms with Crippen LogP contribution < -0.4 is 17.0 Å². The Hall–Kier alpha value is -3.70. The van der Waals surface area contributed by atoms with Crippen LogP contribution in [0.4, 0.5) is 11.8 Å². The molecule has 0 saturated carbocycles. The fourth-order valence-corrected chi connectivity index (χ4v) is 5.59. The van der Waals surface area contributed by atoms with Crippen molar-refractivity contribution in [3.63, 3.8) is 0 Å². The summed E-state index contributed by atoms with van der Waals surface area (Å²) in [6.45, 7) is -0.742. The van der Waals surface area contributed by atoms with Crippen LogP contribution in [0.3, 0.4) is 0 Å². The predicted octanol–water partition coefficient (Wildman–Crippen LogP) is -3.50. The number of imidazole rings is 1. The Kier molecular flexibility index (Phi) is 7.13. The Bertz CT molecular complexity index is 1730. The van der Waals surface area contributed by atoms with Crippen LogP contribution in [-0.4, -0.2) is 115 Å². The number of nitrogens with two attached hydrogens (primary N) is 2. The van der Waals surface area contributed by atoms with Crippen molar-refractivity contribution in [2.75, 3.05) is 25.2 Å². The number of nitrogens with zero attached hydrogens (tertiary/aromatic N) is 8. The first-order valence-corrected chi connectivity index (χ1v) is 13.6. The maximum Gasteiger partial charge on any atom is 0.472 e. The second-order valence-corrected chi connectivity index (χ2v) is 10.6. The summed E-state index contributed by atoms with van der Waals surface area (Å²) in [5.41, 5.74) is 10.7. The van der Waals surface area contributed by atoms with Gasteiger partial charge in [-0.25, -0.2) is 19.5 Å². The Balaban J connectivity index is 1.19. The largest absolute Gasteiger partial charge is 0.472 e. The van der Waals surface area contributed by atoms with Gasteiger partial charge in [0.1, 0.15) is 42.4 Å². The number of fused-ring (bicyclic) bond motifs is 2. The SMILES string of the molecule is CO[C@H]1O[C@@H](n2nnc3c(=O)[nH]c(N)nc32)C(OP(=O)(O)OC[C@H]2O[C@@H](n3cnc4c(N)ncnc43)C(O)C2O)C1O. The summed E-state index contributed by atoms with van der Waals surface area (Å²) in [6.07, 6.45) is -9.36. The van der Waals surface area contributed by atoms with Crippen molar-refractivity contribution in [3.05, 3.63) is 23.0 Å². The molecule has 4 aromatic rings. The Morgan fingerprint density at radius 3 is 2.62 bits per heavy atom. The van der Waals surface area contributed by atoms with Gasteiger partial charge in [0.25, 0.3) is 5.56 Å². The standard InChI is InChI=1S/C19H24N11O11P/c1-37-18-10(33)11(17(40-18)30-14-7(27-28-30)15(34)26-19(21)25-14)41-42(35,36)38-2-5-8(31)9(32)16(39-5)29-4-24-6-12(20)22-3-23-13(6)29/h3-5,8-11,16-18,31-33H,2H2,1H3,(H,35,36)(H2,20,22,23)(H3,21,25,26,34)/t5-,8?,9?,10?,11?,16-,17-,18+/m1/s1. The first-order valence-electron chi connectivity index (χ1n) is 12.1. The highest BCUT2D eigenvalue weighted by Gasteiger charge is 2.51. The monoisotopic (exact) mass is 613 g/mol. The topological polar surface area (TPSA) is 316 Å². The third-order valence-corrected chi connectivity index (χ3v) is 7.64. The average Bonchev–Trinajstić information content (AvgIpc) is 3.69. The molecule has 42 heavy (non-hydrogen) atoms. The molecule has 5 unspecified atom stereocenters. The highest BCUT2D eigenvalue weighted by molar-refractivity contribution is 7.47. The summed E-state index contributed by atoms with van der Waals surface area (Å²) in [4.78, 5) is 40.9. The van der Waals surface area contributed by atoms with Gasteiger partial charge in [0.15, 0.2) is 41.4 Å². The highest BCUT2D eigenvalue weighted by atomic mass is 31.2. The van der Waals surface area contributed by atoms with Crippen molar-refractivity contribution >= 4 is 41.9 Å². The normalized spacial score (nSPS) is 31.3. The summed E-state index contributed by atoms with van der Waals surface area (Å²) in [5.74, 6) is -0.191. The lowest BCUT2D eigenvalue weighted by Crippen LogP contribution is -2.35. The zero-order valence-electron chi connectivity index (χ0n) is 21.3. The van der Waals surface area contributed by atoms with Gasteiger partial charge in [0.2, 0.25) is 5.95 Å².